The number of carbonyl (C=O) groups is 1. The summed E-state index contributed by atoms with van der Waals surface area (Å²) in [6.07, 6.45) is 3.51. The van der Waals surface area contributed by atoms with Gasteiger partial charge in [-0.15, -0.1) is 5.10 Å². The van der Waals surface area contributed by atoms with Crippen LogP contribution in [0.15, 0.2) is 60.7 Å². The van der Waals surface area contributed by atoms with Crippen molar-refractivity contribution >= 4 is 17.0 Å². The van der Waals surface area contributed by atoms with Gasteiger partial charge in [0.25, 0.3) is 0 Å². The first-order chi connectivity index (χ1) is 17.2. The number of aliphatic carboxylic acids is 1. The number of fused-ring (bicyclic) bond motifs is 1. The molecule has 0 saturated heterocycles. The number of hydrogen-bond donors (Lipinski definition) is 2. The van der Waals surface area contributed by atoms with Gasteiger partial charge in [0.2, 0.25) is 0 Å². The van der Waals surface area contributed by atoms with Crippen LogP contribution in [0.1, 0.15) is 31.7 Å². The van der Waals surface area contributed by atoms with E-state index in [9.17, 15) is 4.79 Å². The summed E-state index contributed by atoms with van der Waals surface area (Å²) in [6, 6.07) is 19.2. The molecule has 8 heteroatoms. The number of hydrogen-bond acceptors (Lipinski definition) is 6. The lowest BCUT2D eigenvalue weighted by Crippen LogP contribution is -2.09. The van der Waals surface area contributed by atoms with Crippen LogP contribution in [0.3, 0.4) is 0 Å². The van der Waals surface area contributed by atoms with Crippen LogP contribution in [0, 0.1) is 0 Å². The molecule has 0 amide bonds. The van der Waals surface area contributed by atoms with E-state index in [4.69, 9.17) is 19.3 Å². The van der Waals surface area contributed by atoms with Gasteiger partial charge in [-0.3, -0.25) is 5.10 Å². The molecule has 0 aliphatic carbocycles. The molecule has 4 rings (SSSR count). The van der Waals surface area contributed by atoms with Crippen molar-refractivity contribution < 1.29 is 24.1 Å². The van der Waals surface area contributed by atoms with Crippen LogP contribution in [-0.4, -0.2) is 46.3 Å². The maximum absolute atomic E-state index is 10.6. The molecule has 0 atom stereocenters. The summed E-state index contributed by atoms with van der Waals surface area (Å²) >= 11 is 0. The number of nitrogens with one attached hydrogen (secondary N) is 1. The summed E-state index contributed by atoms with van der Waals surface area (Å²) in [5.41, 5.74) is 4.99. The Hall–Kier alpha value is -4.07. The fraction of sp³-hybridized carbons (Fsp3) is 0.296. The molecular formula is C27H29N3O5. The number of aryl methyl sites for hydroxylation is 1. The summed E-state index contributed by atoms with van der Waals surface area (Å²) in [7, 11) is 0. The summed E-state index contributed by atoms with van der Waals surface area (Å²) in [5, 5.41) is 20.1. The van der Waals surface area contributed by atoms with Gasteiger partial charge in [0.1, 0.15) is 22.8 Å². The topological polar surface area (TPSA) is 107 Å². The monoisotopic (exact) mass is 475 g/mol. The number of nitrogens with zero attached hydrogens (tertiary/aromatic N) is 2. The second kappa shape index (κ2) is 11.9. The third kappa shape index (κ3) is 6.29. The van der Waals surface area contributed by atoms with Crippen LogP contribution < -0.4 is 14.2 Å². The molecule has 1 heterocycles. The highest BCUT2D eigenvalue weighted by molar-refractivity contribution is 5.95. The normalized spacial score (nSPS) is 10.9. The third-order valence-corrected chi connectivity index (χ3v) is 5.51. The van der Waals surface area contributed by atoms with Crippen molar-refractivity contribution in [3.8, 4) is 28.4 Å². The Balaban J connectivity index is 1.33. The first kappa shape index (κ1) is 24.1. The molecule has 0 radical (unpaired) electrons. The number of benzene rings is 3. The molecule has 0 saturated carbocycles. The van der Waals surface area contributed by atoms with E-state index in [2.05, 4.69) is 40.5 Å². The molecule has 182 valence electrons. The Kier molecular flexibility index (Phi) is 8.17. The van der Waals surface area contributed by atoms with Gasteiger partial charge in [0.05, 0.1) is 18.7 Å². The van der Waals surface area contributed by atoms with Crippen LogP contribution in [0.5, 0.6) is 17.2 Å². The van der Waals surface area contributed by atoms with E-state index in [1.807, 2.05) is 18.2 Å². The minimum atomic E-state index is -1.01. The van der Waals surface area contributed by atoms with E-state index < -0.39 is 5.97 Å². The third-order valence-electron chi connectivity index (χ3n) is 5.51. The van der Waals surface area contributed by atoms with Crippen LogP contribution >= 0.6 is 0 Å². The van der Waals surface area contributed by atoms with E-state index in [0.29, 0.717) is 24.7 Å². The van der Waals surface area contributed by atoms with Gasteiger partial charge >= 0.3 is 5.97 Å². The van der Waals surface area contributed by atoms with E-state index in [1.165, 1.54) is 0 Å². The minimum Gasteiger partial charge on any atom is -0.494 e. The number of rotatable bonds is 13. The first-order valence-electron chi connectivity index (χ1n) is 11.8. The van der Waals surface area contributed by atoms with Crippen molar-refractivity contribution in [1.29, 1.82) is 0 Å². The van der Waals surface area contributed by atoms with Gasteiger partial charge in [-0.2, -0.15) is 0 Å². The number of aromatic amines is 1. The molecule has 0 fully saturated rings. The van der Waals surface area contributed by atoms with E-state index in [0.717, 1.165) is 59.2 Å². The van der Waals surface area contributed by atoms with Crippen molar-refractivity contribution in [3.63, 3.8) is 0 Å². The van der Waals surface area contributed by atoms with Crippen molar-refractivity contribution in [3.05, 3.63) is 66.2 Å². The number of unbranched alkanes of at least 4 members (excludes halogenated alkanes) is 1. The molecule has 8 nitrogen and oxygen atoms in total. The first-order valence-corrected chi connectivity index (χ1v) is 11.8. The molecule has 35 heavy (non-hydrogen) atoms. The lowest BCUT2D eigenvalue weighted by molar-refractivity contribution is -0.139. The lowest BCUT2D eigenvalue weighted by Gasteiger charge is -2.14. The summed E-state index contributed by atoms with van der Waals surface area (Å²) < 4.78 is 17.1. The Labute approximate surface area is 203 Å². The number of H-pyrrole nitrogens is 1. The highest BCUT2D eigenvalue weighted by atomic mass is 16.5. The molecular weight excluding hydrogens is 446 g/mol. The Morgan fingerprint density at radius 1 is 0.943 bits per heavy atom. The fourth-order valence-corrected chi connectivity index (χ4v) is 3.85. The lowest BCUT2D eigenvalue weighted by atomic mass is 9.98. The zero-order valence-corrected chi connectivity index (χ0v) is 19.7. The quantitative estimate of drug-likeness (QED) is 0.253. The van der Waals surface area contributed by atoms with Gasteiger partial charge in [-0.1, -0.05) is 48.9 Å². The minimum absolute atomic E-state index is 0.364. The number of ether oxygens (including phenoxy) is 3. The second-order valence-corrected chi connectivity index (χ2v) is 8.11. The van der Waals surface area contributed by atoms with Crippen molar-refractivity contribution in [2.75, 3.05) is 19.8 Å². The standard InChI is InChI=1S/C27H29N3O5/c1-2-8-22-24(17-23(19-9-4-3-5-10-19)27-26(22)28-30-29-27)34-16-7-6-15-33-20-11-13-21(14-12-20)35-18-25(31)32/h3-5,9-14,17H,2,6-8,15-16,18H2,1H3,(H,31,32)(H,28,29,30). The highest BCUT2D eigenvalue weighted by Gasteiger charge is 2.17. The smallest absolute Gasteiger partial charge is 0.341 e. The van der Waals surface area contributed by atoms with Gasteiger partial charge in [-0.05, 0) is 55.2 Å². The fourth-order valence-electron chi connectivity index (χ4n) is 3.85. The van der Waals surface area contributed by atoms with E-state index in [-0.39, 0.29) is 6.61 Å². The largest absolute Gasteiger partial charge is 0.494 e. The molecule has 1 aromatic heterocycles. The van der Waals surface area contributed by atoms with Crippen LogP contribution in [-0.2, 0) is 11.2 Å². The van der Waals surface area contributed by atoms with Gasteiger partial charge in [0, 0.05) is 11.1 Å². The SMILES string of the molecule is CCCc1c(OCCCCOc2ccc(OCC(=O)O)cc2)cc(-c2ccccc2)c2[nH]nnc12. The van der Waals surface area contributed by atoms with Gasteiger partial charge < -0.3 is 19.3 Å². The predicted octanol–water partition coefficient (Wildman–Crippen LogP) is 5.28. The van der Waals surface area contributed by atoms with E-state index >= 15 is 0 Å². The van der Waals surface area contributed by atoms with Crippen molar-refractivity contribution in [2.45, 2.75) is 32.6 Å². The maximum atomic E-state index is 10.6. The molecule has 0 spiro atoms. The zero-order chi connectivity index (χ0) is 24.5. The van der Waals surface area contributed by atoms with Gasteiger partial charge in [-0.25, -0.2) is 4.79 Å². The molecule has 4 aromatic rings. The van der Waals surface area contributed by atoms with E-state index in [1.54, 1.807) is 24.3 Å². The Morgan fingerprint density at radius 2 is 1.63 bits per heavy atom. The van der Waals surface area contributed by atoms with Crippen LogP contribution in [0.2, 0.25) is 0 Å². The van der Waals surface area contributed by atoms with Crippen LogP contribution in [0.25, 0.3) is 22.2 Å². The highest BCUT2D eigenvalue weighted by Crippen LogP contribution is 2.35. The molecule has 2 N–H and O–H groups in total. The Morgan fingerprint density at radius 3 is 2.31 bits per heavy atom. The van der Waals surface area contributed by atoms with Crippen LogP contribution in [0.4, 0.5) is 0 Å². The van der Waals surface area contributed by atoms with Gasteiger partial charge in [0.15, 0.2) is 6.61 Å². The summed E-state index contributed by atoms with van der Waals surface area (Å²) in [6.45, 7) is 2.90. The average molecular weight is 476 g/mol. The Bertz CT molecular complexity index is 1240. The number of aromatic nitrogens is 3. The number of carboxylic acids is 1. The molecule has 0 aliphatic heterocycles. The molecule has 3 aromatic carbocycles. The zero-order valence-electron chi connectivity index (χ0n) is 19.7. The summed E-state index contributed by atoms with van der Waals surface area (Å²) in [5.74, 6) is 1.05. The van der Waals surface area contributed by atoms with Crippen molar-refractivity contribution in [1.82, 2.24) is 15.4 Å². The maximum Gasteiger partial charge on any atom is 0.341 e. The number of carboxylic acid groups (broad SMARTS) is 1. The summed E-state index contributed by atoms with van der Waals surface area (Å²) in [4.78, 5) is 10.6. The second-order valence-electron chi connectivity index (χ2n) is 8.11. The molecule has 0 bridgehead atoms. The predicted molar refractivity (Wildman–Crippen MR) is 133 cm³/mol. The molecule has 0 aliphatic rings. The van der Waals surface area contributed by atoms with Crippen molar-refractivity contribution in [2.24, 2.45) is 0 Å². The average Bonchev–Trinajstić information content (AvgIpc) is 3.37. The molecule has 0 unspecified atom stereocenters.